The summed E-state index contributed by atoms with van der Waals surface area (Å²) in [6.45, 7) is 3.93. The summed E-state index contributed by atoms with van der Waals surface area (Å²) < 4.78 is 51.8. The number of benzene rings is 1. The zero-order valence-corrected chi connectivity index (χ0v) is 12.3. The molecule has 1 aromatic carbocycles. The molecule has 0 bridgehead atoms. The van der Waals surface area contributed by atoms with Crippen LogP contribution < -0.4 is 4.72 Å². The molecule has 0 saturated heterocycles. The average molecular weight is 307 g/mol. The zero-order chi connectivity index (χ0) is 15.4. The van der Waals surface area contributed by atoms with Crippen LogP contribution in [0.2, 0.25) is 0 Å². The van der Waals surface area contributed by atoms with Crippen LogP contribution in [0, 0.1) is 17.0 Å². The average Bonchev–Trinajstić information content (AvgIpc) is 2.38. The second-order valence-electron chi connectivity index (χ2n) is 5.40. The van der Waals surface area contributed by atoms with Crippen molar-refractivity contribution in [3.63, 3.8) is 0 Å². The molecule has 0 unspecified atom stereocenters. The van der Waals surface area contributed by atoms with Crippen molar-refractivity contribution >= 4 is 10.0 Å². The Morgan fingerprint density at radius 2 is 1.90 bits per heavy atom. The molecule has 1 aromatic rings. The summed E-state index contributed by atoms with van der Waals surface area (Å²) in [6, 6.07) is 2.44. The Balaban J connectivity index is 2.60. The molecular weight excluding hydrogens is 288 g/mol. The Morgan fingerprint density at radius 3 is 2.45 bits per heavy atom. The first kappa shape index (κ1) is 17.0. The molecule has 0 aliphatic carbocycles. The maximum atomic E-state index is 13.0. The monoisotopic (exact) mass is 307 g/mol. The van der Waals surface area contributed by atoms with E-state index in [0.717, 1.165) is 12.1 Å². The third kappa shape index (κ3) is 4.81. The number of halogens is 2. The fourth-order valence-electron chi connectivity index (χ4n) is 1.58. The van der Waals surface area contributed by atoms with E-state index in [9.17, 15) is 17.2 Å². The van der Waals surface area contributed by atoms with Crippen LogP contribution in [-0.4, -0.2) is 26.7 Å². The van der Waals surface area contributed by atoms with Crippen LogP contribution in [0.25, 0.3) is 0 Å². The number of rotatable bonds is 7. The fourth-order valence-corrected chi connectivity index (χ4v) is 2.67. The summed E-state index contributed by atoms with van der Waals surface area (Å²) in [7, 11) is -3.84. The lowest BCUT2D eigenvalue weighted by Gasteiger charge is -2.21. The van der Waals surface area contributed by atoms with E-state index in [1.54, 1.807) is 0 Å². The molecule has 0 saturated carbocycles. The highest BCUT2D eigenvalue weighted by molar-refractivity contribution is 7.89. The molecule has 7 heteroatoms. The maximum absolute atomic E-state index is 13.0. The lowest BCUT2D eigenvalue weighted by atomic mass is 9.89. The SMILES string of the molecule is CC(C)(CO)CCCNS(=O)(=O)c1ccc(F)c(F)c1. The van der Waals surface area contributed by atoms with Crippen molar-refractivity contribution in [2.24, 2.45) is 5.41 Å². The van der Waals surface area contributed by atoms with Gasteiger partial charge in [-0.15, -0.1) is 0 Å². The predicted molar refractivity (Wildman–Crippen MR) is 71.6 cm³/mol. The Labute approximate surface area is 117 Å². The first-order valence-electron chi connectivity index (χ1n) is 6.23. The topological polar surface area (TPSA) is 66.4 Å². The van der Waals surface area contributed by atoms with Gasteiger partial charge in [-0.1, -0.05) is 13.8 Å². The van der Waals surface area contributed by atoms with E-state index in [0.29, 0.717) is 18.9 Å². The van der Waals surface area contributed by atoms with Crippen molar-refractivity contribution in [3.8, 4) is 0 Å². The van der Waals surface area contributed by atoms with Crippen LogP contribution in [0.4, 0.5) is 8.78 Å². The summed E-state index contributed by atoms with van der Waals surface area (Å²) in [5.74, 6) is -2.29. The third-order valence-electron chi connectivity index (χ3n) is 2.95. The standard InChI is InChI=1S/C13H19F2NO3S/c1-13(2,9-17)6-3-7-16-20(18,19)10-4-5-11(14)12(15)8-10/h4-5,8,16-17H,3,6-7,9H2,1-2H3. The molecule has 0 heterocycles. The number of sulfonamides is 1. The van der Waals surface area contributed by atoms with E-state index in [-0.39, 0.29) is 23.5 Å². The molecular formula is C13H19F2NO3S. The molecule has 4 nitrogen and oxygen atoms in total. The second-order valence-corrected chi connectivity index (χ2v) is 7.17. The highest BCUT2D eigenvalue weighted by atomic mass is 32.2. The van der Waals surface area contributed by atoms with Crippen LogP contribution in [0.1, 0.15) is 26.7 Å². The molecule has 0 atom stereocenters. The van der Waals surface area contributed by atoms with Gasteiger partial charge in [0.15, 0.2) is 11.6 Å². The fraction of sp³-hybridized carbons (Fsp3) is 0.538. The second kappa shape index (κ2) is 6.60. The van der Waals surface area contributed by atoms with E-state index in [4.69, 9.17) is 5.11 Å². The van der Waals surface area contributed by atoms with E-state index in [2.05, 4.69) is 4.72 Å². The molecule has 2 N–H and O–H groups in total. The number of hydrogen-bond donors (Lipinski definition) is 2. The predicted octanol–water partition coefficient (Wildman–Crippen LogP) is 2.04. The van der Waals surface area contributed by atoms with E-state index in [1.807, 2.05) is 13.8 Å². The summed E-state index contributed by atoms with van der Waals surface area (Å²) in [5, 5.41) is 9.07. The largest absolute Gasteiger partial charge is 0.396 e. The van der Waals surface area contributed by atoms with Crippen LogP contribution in [0.15, 0.2) is 23.1 Å². The minimum absolute atomic E-state index is 0.0168. The smallest absolute Gasteiger partial charge is 0.240 e. The highest BCUT2D eigenvalue weighted by Gasteiger charge is 2.18. The van der Waals surface area contributed by atoms with Crippen LogP contribution in [0.3, 0.4) is 0 Å². The summed E-state index contributed by atoms with van der Waals surface area (Å²) >= 11 is 0. The zero-order valence-electron chi connectivity index (χ0n) is 11.5. The Hall–Kier alpha value is -1.05. The first-order chi connectivity index (χ1) is 9.18. The van der Waals surface area contributed by atoms with E-state index >= 15 is 0 Å². The first-order valence-corrected chi connectivity index (χ1v) is 7.72. The molecule has 20 heavy (non-hydrogen) atoms. The molecule has 0 fully saturated rings. The lowest BCUT2D eigenvalue weighted by Crippen LogP contribution is -2.26. The Kier molecular flexibility index (Phi) is 5.61. The number of aliphatic hydroxyl groups is 1. The molecule has 1 rings (SSSR count). The third-order valence-corrected chi connectivity index (χ3v) is 4.41. The molecule has 0 aromatic heterocycles. The van der Waals surface area contributed by atoms with Crippen molar-refractivity contribution in [1.82, 2.24) is 4.72 Å². The van der Waals surface area contributed by atoms with Gasteiger partial charge >= 0.3 is 0 Å². The van der Waals surface area contributed by atoms with E-state index < -0.39 is 21.7 Å². The van der Waals surface area contributed by atoms with E-state index in [1.165, 1.54) is 0 Å². The Bertz CT molecular complexity index is 559. The molecule has 0 aliphatic rings. The van der Waals surface area contributed by atoms with Gasteiger partial charge < -0.3 is 5.11 Å². The van der Waals surface area contributed by atoms with Crippen molar-refractivity contribution in [2.75, 3.05) is 13.2 Å². The quantitative estimate of drug-likeness (QED) is 0.758. The van der Waals surface area contributed by atoms with Crippen LogP contribution >= 0.6 is 0 Å². The summed E-state index contributed by atoms with van der Waals surface area (Å²) in [5.41, 5.74) is -0.270. The van der Waals surface area contributed by atoms with Gasteiger partial charge in [0.1, 0.15) is 0 Å². The van der Waals surface area contributed by atoms with Gasteiger partial charge in [-0.05, 0) is 36.5 Å². The number of hydrogen-bond acceptors (Lipinski definition) is 3. The maximum Gasteiger partial charge on any atom is 0.240 e. The van der Waals surface area contributed by atoms with Crippen LogP contribution in [0.5, 0.6) is 0 Å². The molecule has 0 radical (unpaired) electrons. The Morgan fingerprint density at radius 1 is 1.25 bits per heavy atom. The number of nitrogens with one attached hydrogen (secondary N) is 1. The van der Waals surface area contributed by atoms with Gasteiger partial charge in [0.05, 0.1) is 4.90 Å². The lowest BCUT2D eigenvalue weighted by molar-refractivity contribution is 0.148. The van der Waals surface area contributed by atoms with Crippen LogP contribution in [-0.2, 0) is 10.0 Å². The molecule has 0 amide bonds. The van der Waals surface area contributed by atoms with Gasteiger partial charge in [-0.25, -0.2) is 21.9 Å². The minimum Gasteiger partial charge on any atom is -0.396 e. The van der Waals surface area contributed by atoms with Gasteiger partial charge in [-0.2, -0.15) is 0 Å². The summed E-state index contributed by atoms with van der Waals surface area (Å²) in [6.07, 6.45) is 1.18. The minimum atomic E-state index is -3.84. The van der Waals surface area contributed by atoms with Gasteiger partial charge in [0.25, 0.3) is 0 Å². The van der Waals surface area contributed by atoms with Crippen molar-refractivity contribution in [3.05, 3.63) is 29.8 Å². The molecule has 0 spiro atoms. The van der Waals surface area contributed by atoms with Crippen molar-refractivity contribution in [2.45, 2.75) is 31.6 Å². The number of aliphatic hydroxyl groups excluding tert-OH is 1. The van der Waals surface area contributed by atoms with Crippen molar-refractivity contribution in [1.29, 1.82) is 0 Å². The highest BCUT2D eigenvalue weighted by Crippen LogP contribution is 2.20. The summed E-state index contributed by atoms with van der Waals surface area (Å²) in [4.78, 5) is -0.308. The van der Waals surface area contributed by atoms with Gasteiger partial charge in [-0.3, -0.25) is 0 Å². The molecule has 114 valence electrons. The molecule has 0 aliphatic heterocycles. The normalized spacial score (nSPS) is 12.7. The van der Waals surface area contributed by atoms with Gasteiger partial charge in [0, 0.05) is 13.2 Å². The van der Waals surface area contributed by atoms with Gasteiger partial charge in [0.2, 0.25) is 10.0 Å². The van der Waals surface area contributed by atoms with Crippen molar-refractivity contribution < 1.29 is 22.3 Å².